The van der Waals surface area contributed by atoms with Crippen LogP contribution in [0, 0.1) is 0 Å². The Morgan fingerprint density at radius 2 is 0.948 bits per heavy atom. The summed E-state index contributed by atoms with van der Waals surface area (Å²) in [6, 6.07) is 27.9. The summed E-state index contributed by atoms with van der Waals surface area (Å²) in [7, 11) is 0. The molecule has 1 aromatic heterocycles. The van der Waals surface area contributed by atoms with Crippen molar-refractivity contribution in [2.75, 3.05) is 13.2 Å². The molecule has 1 aliphatic rings. The number of unbranched alkanes of at least 4 members (excludes halogenated alkanes) is 18. The second-order valence-corrected chi connectivity index (χ2v) is 16.2. The van der Waals surface area contributed by atoms with E-state index >= 15 is 0 Å². The van der Waals surface area contributed by atoms with Crippen molar-refractivity contribution in [3.8, 4) is 39.5 Å². The van der Waals surface area contributed by atoms with Crippen molar-refractivity contribution in [1.29, 1.82) is 0 Å². The molecule has 0 amide bonds. The molecule has 0 fully saturated rings. The van der Waals surface area contributed by atoms with Crippen LogP contribution in [0.15, 0.2) is 89.9 Å². The van der Waals surface area contributed by atoms with Gasteiger partial charge in [-0.05, 0) is 83.6 Å². The SMILES string of the molecule is CCCCCCCCCCCCOc1ccc(-c2ccc3c(c2)C(=O)C(c2[nH]c4ccc(-c5ccc(OCCCCCCCCCCCC)cc5)cc4c2O)=N3)cc1. The Morgan fingerprint density at radius 3 is 1.45 bits per heavy atom. The third-order valence-electron chi connectivity index (χ3n) is 11.6. The maximum atomic E-state index is 13.8. The van der Waals surface area contributed by atoms with E-state index < -0.39 is 0 Å². The van der Waals surface area contributed by atoms with Gasteiger partial charge >= 0.3 is 0 Å². The Morgan fingerprint density at radius 1 is 0.517 bits per heavy atom. The lowest BCUT2D eigenvalue weighted by atomic mass is 9.99. The van der Waals surface area contributed by atoms with Crippen LogP contribution in [-0.2, 0) is 0 Å². The maximum absolute atomic E-state index is 13.8. The number of aromatic nitrogens is 1. The van der Waals surface area contributed by atoms with E-state index in [2.05, 4.69) is 36.0 Å². The lowest BCUT2D eigenvalue weighted by Crippen LogP contribution is -2.11. The normalized spacial score (nSPS) is 12.3. The Hall–Kier alpha value is -4.84. The fourth-order valence-electron chi connectivity index (χ4n) is 8.04. The van der Waals surface area contributed by atoms with Crippen molar-refractivity contribution >= 4 is 28.1 Å². The van der Waals surface area contributed by atoms with Crippen LogP contribution in [0.1, 0.15) is 158 Å². The first kappa shape index (κ1) is 42.8. The summed E-state index contributed by atoms with van der Waals surface area (Å²) >= 11 is 0. The van der Waals surface area contributed by atoms with Gasteiger partial charge in [0.25, 0.3) is 0 Å². The van der Waals surface area contributed by atoms with Gasteiger partial charge in [-0.2, -0.15) is 0 Å². The number of rotatable bonds is 27. The number of aliphatic imine (C=N–C) groups is 1. The average Bonchev–Trinajstić information content (AvgIpc) is 3.76. The van der Waals surface area contributed by atoms with E-state index in [9.17, 15) is 9.90 Å². The number of aromatic hydroxyl groups is 1. The molecule has 58 heavy (non-hydrogen) atoms. The molecule has 0 radical (unpaired) electrons. The molecular weight excluding hydrogens is 717 g/mol. The Balaban J connectivity index is 0.969. The first-order valence-corrected chi connectivity index (χ1v) is 22.6. The van der Waals surface area contributed by atoms with Gasteiger partial charge in [-0.1, -0.05) is 166 Å². The molecule has 0 saturated heterocycles. The summed E-state index contributed by atoms with van der Waals surface area (Å²) in [6.45, 7) is 6.00. The van der Waals surface area contributed by atoms with Gasteiger partial charge in [0, 0.05) is 10.9 Å². The smallest absolute Gasteiger partial charge is 0.215 e. The Bertz CT molecular complexity index is 2040. The van der Waals surface area contributed by atoms with Gasteiger partial charge in [-0.25, -0.2) is 4.99 Å². The monoisotopic (exact) mass is 783 g/mol. The Labute approximate surface area is 347 Å². The van der Waals surface area contributed by atoms with Gasteiger partial charge in [0.15, 0.2) is 5.75 Å². The number of fused-ring (bicyclic) bond motifs is 2. The molecule has 5 aromatic rings. The fourth-order valence-corrected chi connectivity index (χ4v) is 8.04. The van der Waals surface area contributed by atoms with Crippen LogP contribution in [-0.4, -0.2) is 34.8 Å². The number of ketones is 1. The average molecular weight is 783 g/mol. The minimum atomic E-state index is -0.205. The lowest BCUT2D eigenvalue weighted by Gasteiger charge is -2.08. The van der Waals surface area contributed by atoms with E-state index in [4.69, 9.17) is 9.47 Å². The number of nitrogens with zero attached hydrogens (tertiary/aromatic N) is 1. The van der Waals surface area contributed by atoms with Gasteiger partial charge in [-0.3, -0.25) is 4.79 Å². The molecule has 2 heterocycles. The Kier molecular flexibility index (Phi) is 16.9. The molecule has 6 nitrogen and oxygen atoms in total. The van der Waals surface area contributed by atoms with Gasteiger partial charge in [0.1, 0.15) is 22.9 Å². The minimum Gasteiger partial charge on any atom is -0.505 e. The zero-order valence-electron chi connectivity index (χ0n) is 35.3. The molecule has 308 valence electrons. The molecule has 0 spiro atoms. The van der Waals surface area contributed by atoms with Gasteiger partial charge in [0.2, 0.25) is 5.78 Å². The molecule has 6 rings (SSSR count). The molecule has 0 atom stereocenters. The third kappa shape index (κ3) is 12.1. The summed E-state index contributed by atoms with van der Waals surface area (Å²) < 4.78 is 12.1. The second-order valence-electron chi connectivity index (χ2n) is 16.2. The summed E-state index contributed by atoms with van der Waals surface area (Å²) in [5.74, 6) is 1.56. The summed E-state index contributed by atoms with van der Waals surface area (Å²) in [5.41, 5.74) is 6.38. The van der Waals surface area contributed by atoms with E-state index in [0.717, 1.165) is 65.3 Å². The molecule has 0 unspecified atom stereocenters. The topological polar surface area (TPSA) is 83.9 Å². The molecule has 0 saturated carbocycles. The second kappa shape index (κ2) is 22.9. The van der Waals surface area contributed by atoms with Crippen LogP contribution >= 0.6 is 0 Å². The van der Waals surface area contributed by atoms with Crippen molar-refractivity contribution in [3.63, 3.8) is 0 Å². The van der Waals surface area contributed by atoms with Crippen LogP contribution in [0.4, 0.5) is 5.69 Å². The standard InChI is InChI=1S/C52H66N2O4/c1-3-5-7-9-11-13-15-17-19-21-35-57-43-29-23-39(24-30-43)41-27-33-47-45(37-41)51(55)49(53-47)50-52(56)46-38-42(28-34-48(46)54-50)40-25-31-44(32-26-40)58-36-22-20-18-16-14-12-10-8-6-4-2/h23-34,37-38,53,55H,3-22,35-36H2,1-2H3. The minimum absolute atomic E-state index is 0.0295. The fraction of sp³-hybridized carbons (Fsp3) is 0.462. The highest BCUT2D eigenvalue weighted by atomic mass is 16.5. The van der Waals surface area contributed by atoms with Gasteiger partial charge < -0.3 is 19.6 Å². The number of hydrogen-bond donors (Lipinski definition) is 2. The first-order valence-electron chi connectivity index (χ1n) is 22.6. The molecule has 1 aliphatic heterocycles. The van der Waals surface area contributed by atoms with E-state index in [0.29, 0.717) is 22.3 Å². The molecule has 0 aliphatic carbocycles. The highest BCUT2D eigenvalue weighted by molar-refractivity contribution is 6.55. The number of carbonyl (C=O) groups is 1. The highest BCUT2D eigenvalue weighted by Crippen LogP contribution is 2.38. The predicted octanol–water partition coefficient (Wildman–Crippen LogP) is 15.1. The van der Waals surface area contributed by atoms with Crippen molar-refractivity contribution in [3.05, 3.63) is 96.2 Å². The molecule has 4 aromatic carbocycles. The number of nitrogens with one attached hydrogen (secondary N) is 1. The zero-order chi connectivity index (χ0) is 40.4. The predicted molar refractivity (Wildman–Crippen MR) is 242 cm³/mol. The van der Waals surface area contributed by atoms with Crippen molar-refractivity contribution in [1.82, 2.24) is 4.98 Å². The van der Waals surface area contributed by atoms with E-state index in [1.54, 1.807) is 0 Å². The van der Waals surface area contributed by atoms with Crippen LogP contribution in [0.25, 0.3) is 33.2 Å². The molecule has 6 heteroatoms. The summed E-state index contributed by atoms with van der Waals surface area (Å²) in [4.78, 5) is 21.7. The number of ether oxygens (including phenoxy) is 2. The number of aromatic amines is 1. The third-order valence-corrected chi connectivity index (χ3v) is 11.6. The quantitative estimate of drug-likeness (QED) is 0.0520. The highest BCUT2D eigenvalue weighted by Gasteiger charge is 2.30. The largest absolute Gasteiger partial charge is 0.505 e. The van der Waals surface area contributed by atoms with Crippen LogP contribution < -0.4 is 9.47 Å². The summed E-state index contributed by atoms with van der Waals surface area (Å²) in [6.07, 6.45) is 26.1. The van der Waals surface area contributed by atoms with Gasteiger partial charge in [0.05, 0.1) is 24.5 Å². The van der Waals surface area contributed by atoms with Crippen molar-refractivity contribution in [2.45, 2.75) is 142 Å². The van der Waals surface area contributed by atoms with Gasteiger partial charge in [-0.15, -0.1) is 0 Å². The lowest BCUT2D eigenvalue weighted by molar-refractivity contribution is 0.106. The molecule has 0 bridgehead atoms. The number of carbonyl (C=O) groups excluding carboxylic acids is 1. The summed E-state index contributed by atoms with van der Waals surface area (Å²) in [5, 5.41) is 12.1. The van der Waals surface area contributed by atoms with E-state index in [-0.39, 0.29) is 17.2 Å². The number of H-pyrrole nitrogens is 1. The number of hydrogen-bond acceptors (Lipinski definition) is 5. The van der Waals surface area contributed by atoms with Crippen LogP contribution in [0.2, 0.25) is 0 Å². The van der Waals surface area contributed by atoms with E-state index in [1.165, 1.54) is 116 Å². The van der Waals surface area contributed by atoms with Crippen molar-refractivity contribution in [2.24, 2.45) is 4.99 Å². The van der Waals surface area contributed by atoms with Crippen molar-refractivity contribution < 1.29 is 19.4 Å². The molecular formula is C52H66N2O4. The molecule has 2 N–H and O–H groups in total. The number of benzene rings is 4. The van der Waals surface area contributed by atoms with Crippen LogP contribution in [0.5, 0.6) is 17.2 Å². The van der Waals surface area contributed by atoms with E-state index in [1.807, 2.05) is 72.8 Å². The first-order chi connectivity index (χ1) is 28.6. The number of Topliss-reactive ketones (excluding diaryl/α,β-unsaturated/α-hetero) is 1. The van der Waals surface area contributed by atoms with Crippen LogP contribution in [0.3, 0.4) is 0 Å². The zero-order valence-corrected chi connectivity index (χ0v) is 35.3. The maximum Gasteiger partial charge on any atom is 0.215 e.